The molecule has 7 nitrogen and oxygen atoms in total. The first kappa shape index (κ1) is 21.0. The SMILES string of the molecule is CS(=O)(=O)c1ccc(S(=O)(=O)N2CCC[C@@H](CNC(=O)c3cccs3)C2)cc1. The smallest absolute Gasteiger partial charge is 0.261 e. The van der Waals surface area contributed by atoms with E-state index >= 15 is 0 Å². The first-order chi connectivity index (χ1) is 13.2. The zero-order valence-corrected chi connectivity index (χ0v) is 17.8. The molecule has 0 radical (unpaired) electrons. The summed E-state index contributed by atoms with van der Waals surface area (Å²) in [6.45, 7) is 1.14. The topological polar surface area (TPSA) is 101 Å². The lowest BCUT2D eigenvalue weighted by atomic mass is 10.00. The van der Waals surface area contributed by atoms with Crippen LogP contribution in [0.3, 0.4) is 0 Å². The van der Waals surface area contributed by atoms with Gasteiger partial charge >= 0.3 is 0 Å². The number of hydrogen-bond acceptors (Lipinski definition) is 6. The fourth-order valence-corrected chi connectivity index (χ4v) is 5.98. The molecule has 2 heterocycles. The number of piperidine rings is 1. The molecule has 2 aromatic rings. The van der Waals surface area contributed by atoms with Crippen LogP contribution in [0.5, 0.6) is 0 Å². The Morgan fingerprint density at radius 3 is 2.43 bits per heavy atom. The number of nitrogens with one attached hydrogen (secondary N) is 1. The van der Waals surface area contributed by atoms with Crippen LogP contribution in [0.25, 0.3) is 0 Å². The lowest BCUT2D eigenvalue weighted by Crippen LogP contribution is -2.43. The van der Waals surface area contributed by atoms with Gasteiger partial charge in [0, 0.05) is 25.9 Å². The highest BCUT2D eigenvalue weighted by molar-refractivity contribution is 7.90. The fraction of sp³-hybridized carbons (Fsp3) is 0.389. The standard InChI is InChI=1S/C18H22N2O5S3/c1-27(22,23)15-6-8-16(9-7-15)28(24,25)20-10-2-4-14(13-20)12-19-18(21)17-5-3-11-26-17/h3,5-9,11,14H,2,4,10,12-13H2,1H3,(H,19,21)/t14-/m0/s1. The molecule has 0 saturated carbocycles. The van der Waals surface area contributed by atoms with Gasteiger partial charge in [-0.2, -0.15) is 4.31 Å². The summed E-state index contributed by atoms with van der Waals surface area (Å²) in [6.07, 6.45) is 2.63. The quantitative estimate of drug-likeness (QED) is 0.737. The average molecular weight is 443 g/mol. The summed E-state index contributed by atoms with van der Waals surface area (Å²) in [4.78, 5) is 12.9. The van der Waals surface area contributed by atoms with Crippen molar-refractivity contribution in [1.82, 2.24) is 9.62 Å². The second-order valence-corrected chi connectivity index (χ2v) is 11.7. The third kappa shape index (κ3) is 4.80. The van der Waals surface area contributed by atoms with E-state index in [2.05, 4.69) is 5.32 Å². The van der Waals surface area contributed by atoms with E-state index in [4.69, 9.17) is 0 Å². The number of hydrogen-bond donors (Lipinski definition) is 1. The highest BCUT2D eigenvalue weighted by Gasteiger charge is 2.30. The molecule has 28 heavy (non-hydrogen) atoms. The summed E-state index contributed by atoms with van der Waals surface area (Å²) >= 11 is 1.36. The molecule has 3 rings (SSSR count). The predicted octanol–water partition coefficient (Wildman–Crippen LogP) is 1.98. The predicted molar refractivity (Wildman–Crippen MR) is 108 cm³/mol. The van der Waals surface area contributed by atoms with Gasteiger partial charge in [0.25, 0.3) is 5.91 Å². The molecule has 0 aliphatic carbocycles. The maximum Gasteiger partial charge on any atom is 0.261 e. The van der Waals surface area contributed by atoms with E-state index in [0.717, 1.165) is 12.7 Å². The molecule has 1 atom stereocenters. The number of sulfonamides is 1. The molecule has 1 saturated heterocycles. The minimum Gasteiger partial charge on any atom is -0.351 e. The first-order valence-electron chi connectivity index (χ1n) is 8.80. The van der Waals surface area contributed by atoms with E-state index in [1.54, 1.807) is 6.07 Å². The van der Waals surface area contributed by atoms with Crippen molar-refractivity contribution in [2.75, 3.05) is 25.9 Å². The van der Waals surface area contributed by atoms with Crippen LogP contribution in [0.1, 0.15) is 22.5 Å². The number of sulfone groups is 1. The molecule has 1 aromatic carbocycles. The van der Waals surface area contributed by atoms with Crippen molar-refractivity contribution in [1.29, 1.82) is 0 Å². The van der Waals surface area contributed by atoms with E-state index in [1.807, 2.05) is 11.4 Å². The first-order valence-corrected chi connectivity index (χ1v) is 13.0. The van der Waals surface area contributed by atoms with Gasteiger partial charge in [-0.05, 0) is 54.5 Å². The molecule has 152 valence electrons. The van der Waals surface area contributed by atoms with Gasteiger partial charge in [0.15, 0.2) is 9.84 Å². The molecule has 1 aliphatic rings. The average Bonchev–Trinajstić information content (AvgIpc) is 3.21. The Hall–Kier alpha value is -1.75. The Balaban J connectivity index is 1.66. The molecule has 0 unspecified atom stereocenters. The van der Waals surface area contributed by atoms with Crippen LogP contribution in [0, 0.1) is 5.92 Å². The Morgan fingerprint density at radius 1 is 1.14 bits per heavy atom. The Morgan fingerprint density at radius 2 is 1.82 bits per heavy atom. The number of amides is 1. The van der Waals surface area contributed by atoms with Crippen molar-refractivity contribution in [3.63, 3.8) is 0 Å². The lowest BCUT2D eigenvalue weighted by molar-refractivity contribution is 0.0945. The zero-order valence-electron chi connectivity index (χ0n) is 15.4. The maximum atomic E-state index is 12.9. The third-order valence-electron chi connectivity index (χ3n) is 4.67. The summed E-state index contributed by atoms with van der Waals surface area (Å²) in [5.74, 6) is -0.117. The van der Waals surface area contributed by atoms with Crippen molar-refractivity contribution in [2.24, 2.45) is 5.92 Å². The molecule has 1 N–H and O–H groups in total. The maximum absolute atomic E-state index is 12.9. The Bertz CT molecular complexity index is 1030. The van der Waals surface area contributed by atoms with E-state index in [0.29, 0.717) is 30.9 Å². The van der Waals surface area contributed by atoms with Crippen LogP contribution in [0.4, 0.5) is 0 Å². The largest absolute Gasteiger partial charge is 0.351 e. The summed E-state index contributed by atoms with van der Waals surface area (Å²) in [5.41, 5.74) is 0. The molecular weight excluding hydrogens is 420 g/mol. The van der Waals surface area contributed by atoms with Gasteiger partial charge in [-0.15, -0.1) is 11.3 Å². The van der Waals surface area contributed by atoms with Crippen LogP contribution in [0.2, 0.25) is 0 Å². The van der Waals surface area contributed by atoms with Gasteiger partial charge in [-0.3, -0.25) is 4.79 Å². The number of benzene rings is 1. The van der Waals surface area contributed by atoms with E-state index in [9.17, 15) is 21.6 Å². The highest BCUT2D eigenvalue weighted by atomic mass is 32.2. The molecule has 1 aromatic heterocycles. The van der Waals surface area contributed by atoms with Gasteiger partial charge < -0.3 is 5.32 Å². The van der Waals surface area contributed by atoms with Crippen LogP contribution in [-0.2, 0) is 19.9 Å². The van der Waals surface area contributed by atoms with Gasteiger partial charge in [-0.25, -0.2) is 16.8 Å². The van der Waals surface area contributed by atoms with Crippen LogP contribution < -0.4 is 5.32 Å². The second kappa shape index (κ2) is 8.32. The Kier molecular flexibility index (Phi) is 6.23. The summed E-state index contributed by atoms with van der Waals surface area (Å²) in [6, 6.07) is 8.83. The summed E-state index contributed by atoms with van der Waals surface area (Å²) in [5, 5.41) is 4.71. The number of thiophene rings is 1. The zero-order chi connectivity index (χ0) is 20.4. The minimum atomic E-state index is -3.71. The third-order valence-corrected chi connectivity index (χ3v) is 8.54. The van der Waals surface area contributed by atoms with Crippen LogP contribution >= 0.6 is 11.3 Å². The van der Waals surface area contributed by atoms with Crippen molar-refractivity contribution >= 4 is 37.1 Å². The molecule has 1 amide bonds. The molecular formula is C18H22N2O5S3. The van der Waals surface area contributed by atoms with E-state index in [1.165, 1.54) is 39.9 Å². The van der Waals surface area contributed by atoms with Crippen molar-refractivity contribution < 1.29 is 21.6 Å². The highest BCUT2D eigenvalue weighted by Crippen LogP contribution is 2.24. The monoisotopic (exact) mass is 442 g/mol. The minimum absolute atomic E-state index is 0.0303. The number of nitrogens with zero attached hydrogens (tertiary/aromatic N) is 1. The van der Waals surface area contributed by atoms with Crippen molar-refractivity contribution in [2.45, 2.75) is 22.6 Å². The van der Waals surface area contributed by atoms with E-state index < -0.39 is 19.9 Å². The van der Waals surface area contributed by atoms with Gasteiger partial charge in [0.2, 0.25) is 10.0 Å². The lowest BCUT2D eigenvalue weighted by Gasteiger charge is -2.32. The van der Waals surface area contributed by atoms with Crippen molar-refractivity contribution in [3.05, 3.63) is 46.7 Å². The molecule has 10 heteroatoms. The number of carbonyl (C=O) groups is 1. The molecule has 1 aliphatic heterocycles. The van der Waals surface area contributed by atoms with Gasteiger partial charge in [-0.1, -0.05) is 6.07 Å². The van der Waals surface area contributed by atoms with Gasteiger partial charge in [0.1, 0.15) is 0 Å². The van der Waals surface area contributed by atoms with Crippen LogP contribution in [0.15, 0.2) is 51.6 Å². The normalized spacial score (nSPS) is 18.7. The second-order valence-electron chi connectivity index (χ2n) is 6.80. The van der Waals surface area contributed by atoms with E-state index in [-0.39, 0.29) is 21.6 Å². The molecule has 1 fully saturated rings. The summed E-state index contributed by atoms with van der Waals surface area (Å²) < 4.78 is 50.3. The molecule has 0 spiro atoms. The number of rotatable bonds is 6. The molecule has 0 bridgehead atoms. The van der Waals surface area contributed by atoms with Gasteiger partial charge in [0.05, 0.1) is 14.7 Å². The number of carbonyl (C=O) groups excluding carboxylic acids is 1. The van der Waals surface area contributed by atoms with Crippen LogP contribution in [-0.4, -0.2) is 52.9 Å². The Labute approximate surface area is 169 Å². The van der Waals surface area contributed by atoms with Crippen molar-refractivity contribution in [3.8, 4) is 0 Å². The fourth-order valence-electron chi connectivity index (χ4n) is 3.15. The summed E-state index contributed by atoms with van der Waals surface area (Å²) in [7, 11) is -7.09.